The number of ether oxygens (including phenoxy) is 1. The molecule has 0 spiro atoms. The van der Waals surface area contributed by atoms with Crippen LogP contribution in [0.3, 0.4) is 0 Å². The fourth-order valence-corrected chi connectivity index (χ4v) is 4.04. The van der Waals surface area contributed by atoms with E-state index in [2.05, 4.69) is 10.3 Å². The number of aryl methyl sites for hydroxylation is 1. The summed E-state index contributed by atoms with van der Waals surface area (Å²) in [5.41, 5.74) is 1.98. The topological polar surface area (TPSA) is 74.8 Å². The number of benzene rings is 1. The molecule has 2 heterocycles. The summed E-state index contributed by atoms with van der Waals surface area (Å²) in [5, 5.41) is 3.09. The van der Waals surface area contributed by atoms with Crippen LogP contribution < -0.4 is 15.0 Å². The highest BCUT2D eigenvalue weighted by Gasteiger charge is 2.31. The number of rotatable bonds is 6. The third-order valence-electron chi connectivity index (χ3n) is 5.71. The first kappa shape index (κ1) is 20.2. The maximum atomic E-state index is 12.6. The van der Waals surface area contributed by atoms with Gasteiger partial charge in [-0.1, -0.05) is 24.3 Å². The van der Waals surface area contributed by atoms with Crippen LogP contribution in [0.2, 0.25) is 0 Å². The van der Waals surface area contributed by atoms with Crippen LogP contribution in [0.1, 0.15) is 31.2 Å². The van der Waals surface area contributed by atoms with E-state index >= 15 is 0 Å². The molecular formula is C23H28N4O3. The molecule has 4 rings (SSSR count). The zero-order valence-corrected chi connectivity index (χ0v) is 17.3. The number of nitrogens with one attached hydrogen (secondary N) is 1. The number of urea groups is 1. The molecule has 1 N–H and O–H groups in total. The van der Waals surface area contributed by atoms with E-state index in [0.717, 1.165) is 36.9 Å². The van der Waals surface area contributed by atoms with Crippen LogP contribution in [0.25, 0.3) is 0 Å². The molecule has 3 amide bonds. The highest BCUT2D eigenvalue weighted by Crippen LogP contribution is 2.23. The molecule has 158 valence electrons. The smallest absolute Gasteiger partial charge is 0.325 e. The molecule has 0 atom stereocenters. The molecule has 1 aliphatic carbocycles. The molecule has 1 saturated heterocycles. The van der Waals surface area contributed by atoms with E-state index in [-0.39, 0.29) is 30.6 Å². The van der Waals surface area contributed by atoms with Crippen molar-refractivity contribution < 1.29 is 14.3 Å². The predicted molar refractivity (Wildman–Crippen MR) is 115 cm³/mol. The van der Waals surface area contributed by atoms with E-state index in [4.69, 9.17) is 4.74 Å². The molecule has 7 heteroatoms. The number of hydrogen-bond acceptors (Lipinski definition) is 4. The number of amides is 3. The number of pyridine rings is 1. The fraction of sp³-hybridized carbons (Fsp3) is 0.435. The molecule has 1 aromatic carbocycles. The Balaban J connectivity index is 1.21. The van der Waals surface area contributed by atoms with E-state index in [1.54, 1.807) is 16.0 Å². The first-order chi connectivity index (χ1) is 14.6. The molecule has 0 bridgehead atoms. The lowest BCUT2D eigenvalue weighted by Crippen LogP contribution is -2.45. The van der Waals surface area contributed by atoms with Crippen molar-refractivity contribution in [2.75, 3.05) is 24.5 Å². The summed E-state index contributed by atoms with van der Waals surface area (Å²) in [4.78, 5) is 32.7. The maximum Gasteiger partial charge on any atom is 0.325 e. The maximum absolute atomic E-state index is 12.6. The molecule has 1 aliphatic heterocycles. The number of para-hydroxylation sites is 1. The van der Waals surface area contributed by atoms with Crippen LogP contribution >= 0.6 is 0 Å². The molecule has 2 fully saturated rings. The summed E-state index contributed by atoms with van der Waals surface area (Å²) >= 11 is 0. The van der Waals surface area contributed by atoms with E-state index in [1.165, 1.54) is 0 Å². The van der Waals surface area contributed by atoms with Gasteiger partial charge < -0.3 is 15.0 Å². The van der Waals surface area contributed by atoms with Crippen molar-refractivity contribution in [1.29, 1.82) is 0 Å². The van der Waals surface area contributed by atoms with E-state index in [9.17, 15) is 9.59 Å². The van der Waals surface area contributed by atoms with Crippen LogP contribution in [0.4, 0.5) is 10.5 Å². The Morgan fingerprint density at radius 3 is 2.57 bits per heavy atom. The molecule has 7 nitrogen and oxygen atoms in total. The van der Waals surface area contributed by atoms with E-state index in [1.807, 2.05) is 49.4 Å². The Morgan fingerprint density at radius 1 is 1.10 bits per heavy atom. The van der Waals surface area contributed by atoms with Gasteiger partial charge in [-0.2, -0.15) is 0 Å². The van der Waals surface area contributed by atoms with Crippen molar-refractivity contribution in [2.45, 2.75) is 44.8 Å². The van der Waals surface area contributed by atoms with Gasteiger partial charge in [-0.3, -0.25) is 9.69 Å². The van der Waals surface area contributed by atoms with Crippen LogP contribution in [-0.2, 0) is 4.79 Å². The highest BCUT2D eigenvalue weighted by molar-refractivity contribution is 5.96. The summed E-state index contributed by atoms with van der Waals surface area (Å²) in [6, 6.07) is 13.5. The van der Waals surface area contributed by atoms with Gasteiger partial charge in [0.15, 0.2) is 0 Å². The highest BCUT2D eigenvalue weighted by atomic mass is 16.5. The lowest BCUT2D eigenvalue weighted by atomic mass is 9.93. The number of nitrogens with zero attached hydrogens (tertiary/aromatic N) is 3. The molecule has 2 aliphatic rings. The number of hydrogen-bond donors (Lipinski definition) is 1. The number of carbonyl (C=O) groups excluding carboxylic acids is 2. The summed E-state index contributed by atoms with van der Waals surface area (Å²) in [6.07, 6.45) is 5.43. The Bertz CT molecular complexity index is 864. The SMILES string of the molecule is Cc1ccc(OC2CCC(NC(=O)CN3CCN(c4ccccc4)C3=O)CC2)nc1. The second-order valence-corrected chi connectivity index (χ2v) is 8.02. The molecule has 0 unspecified atom stereocenters. The van der Waals surface area contributed by atoms with Crippen molar-refractivity contribution in [1.82, 2.24) is 15.2 Å². The average Bonchev–Trinajstić information content (AvgIpc) is 3.12. The molecule has 2 aromatic rings. The van der Waals surface area contributed by atoms with Gasteiger partial charge in [0.05, 0.1) is 0 Å². The van der Waals surface area contributed by atoms with Gasteiger partial charge in [-0.15, -0.1) is 0 Å². The standard InChI is InChI=1S/C23H28N4O3/c1-17-7-12-22(24-15-17)30-20-10-8-18(9-11-20)25-21(28)16-26-13-14-27(23(26)29)19-5-3-2-4-6-19/h2-7,12,15,18,20H,8-11,13-14,16H2,1H3,(H,25,28). The minimum atomic E-state index is -0.112. The molecule has 1 aromatic heterocycles. The van der Waals surface area contributed by atoms with Crippen molar-refractivity contribution in [2.24, 2.45) is 0 Å². The lowest BCUT2D eigenvalue weighted by molar-refractivity contribution is -0.122. The monoisotopic (exact) mass is 408 g/mol. The van der Waals surface area contributed by atoms with E-state index in [0.29, 0.717) is 19.0 Å². The Kier molecular flexibility index (Phi) is 6.16. The average molecular weight is 409 g/mol. The minimum absolute atomic E-state index is 0.0946. The second-order valence-electron chi connectivity index (χ2n) is 8.02. The zero-order valence-electron chi connectivity index (χ0n) is 17.3. The Morgan fingerprint density at radius 2 is 1.87 bits per heavy atom. The summed E-state index contributed by atoms with van der Waals surface area (Å²) in [6.45, 7) is 3.27. The summed E-state index contributed by atoms with van der Waals surface area (Å²) < 4.78 is 5.96. The van der Waals surface area contributed by atoms with Gasteiger partial charge in [0.2, 0.25) is 11.8 Å². The second kappa shape index (κ2) is 9.15. The summed E-state index contributed by atoms with van der Waals surface area (Å²) in [7, 11) is 0. The number of carbonyl (C=O) groups is 2. The third kappa shape index (κ3) is 4.90. The Hall–Kier alpha value is -3.09. The van der Waals surface area contributed by atoms with Crippen molar-refractivity contribution >= 4 is 17.6 Å². The van der Waals surface area contributed by atoms with Gasteiger partial charge in [0.25, 0.3) is 0 Å². The van der Waals surface area contributed by atoms with Gasteiger partial charge >= 0.3 is 6.03 Å². The van der Waals surface area contributed by atoms with Gasteiger partial charge in [-0.05, 0) is 50.3 Å². The number of aromatic nitrogens is 1. The van der Waals surface area contributed by atoms with Crippen LogP contribution in [0, 0.1) is 6.92 Å². The first-order valence-corrected chi connectivity index (χ1v) is 10.6. The normalized spacial score (nSPS) is 21.6. The van der Waals surface area contributed by atoms with Crippen LogP contribution in [0.15, 0.2) is 48.7 Å². The molecular weight excluding hydrogens is 380 g/mol. The first-order valence-electron chi connectivity index (χ1n) is 10.6. The molecule has 0 radical (unpaired) electrons. The number of anilines is 1. The molecule has 30 heavy (non-hydrogen) atoms. The lowest BCUT2D eigenvalue weighted by Gasteiger charge is -2.29. The van der Waals surface area contributed by atoms with Crippen molar-refractivity contribution in [3.63, 3.8) is 0 Å². The largest absolute Gasteiger partial charge is 0.474 e. The van der Waals surface area contributed by atoms with Gasteiger partial charge in [-0.25, -0.2) is 9.78 Å². The quantitative estimate of drug-likeness (QED) is 0.797. The summed E-state index contributed by atoms with van der Waals surface area (Å²) in [5.74, 6) is 0.562. The Labute approximate surface area is 177 Å². The van der Waals surface area contributed by atoms with E-state index < -0.39 is 0 Å². The van der Waals surface area contributed by atoms with Crippen LogP contribution in [-0.4, -0.2) is 53.6 Å². The zero-order chi connectivity index (χ0) is 20.9. The molecule has 1 saturated carbocycles. The third-order valence-corrected chi connectivity index (χ3v) is 5.71. The minimum Gasteiger partial charge on any atom is -0.474 e. The van der Waals surface area contributed by atoms with Crippen molar-refractivity contribution in [3.8, 4) is 5.88 Å². The fourth-order valence-electron chi connectivity index (χ4n) is 4.04. The predicted octanol–water partition coefficient (Wildman–Crippen LogP) is 3.14. The van der Waals surface area contributed by atoms with Gasteiger partial charge in [0.1, 0.15) is 12.6 Å². The van der Waals surface area contributed by atoms with Crippen molar-refractivity contribution in [3.05, 3.63) is 54.2 Å². The van der Waals surface area contributed by atoms with Crippen LogP contribution in [0.5, 0.6) is 5.88 Å². The van der Waals surface area contributed by atoms with Gasteiger partial charge in [0, 0.05) is 37.1 Å².